The Kier molecular flexibility index (Phi) is 7.04. The molecule has 0 amide bonds. The van der Waals surface area contributed by atoms with E-state index in [0.29, 0.717) is 6.42 Å². The highest BCUT2D eigenvalue weighted by molar-refractivity contribution is 7.89. The van der Waals surface area contributed by atoms with Gasteiger partial charge in [-0.2, -0.15) is 0 Å². The summed E-state index contributed by atoms with van der Waals surface area (Å²) in [5, 5.41) is 11.5. The first-order valence-corrected chi connectivity index (χ1v) is 13.8. The van der Waals surface area contributed by atoms with Crippen molar-refractivity contribution in [3.63, 3.8) is 0 Å². The molecule has 1 unspecified atom stereocenters. The molecule has 2 N–H and O–H groups in total. The maximum atomic E-state index is 13.1. The van der Waals surface area contributed by atoms with Crippen molar-refractivity contribution in [3.05, 3.63) is 95.1 Å². The van der Waals surface area contributed by atoms with Crippen LogP contribution in [0.15, 0.2) is 77.7 Å². The molecule has 0 heterocycles. The summed E-state index contributed by atoms with van der Waals surface area (Å²) in [6.07, 6.45) is -2.07. The van der Waals surface area contributed by atoms with Crippen molar-refractivity contribution in [1.29, 1.82) is 0 Å². The number of benzene rings is 3. The van der Waals surface area contributed by atoms with Crippen LogP contribution in [0.1, 0.15) is 47.4 Å². The molecule has 0 aliphatic heterocycles. The highest BCUT2D eigenvalue weighted by atomic mass is 32.2. The molecule has 5 nitrogen and oxygen atoms in total. The summed E-state index contributed by atoms with van der Waals surface area (Å²) in [7, 11) is -4.08. The van der Waals surface area contributed by atoms with Gasteiger partial charge < -0.3 is 9.84 Å². The molecule has 3 aromatic carbocycles. The lowest BCUT2D eigenvalue weighted by Crippen LogP contribution is -2.50. The van der Waals surface area contributed by atoms with Gasteiger partial charge >= 0.3 is 6.36 Å². The summed E-state index contributed by atoms with van der Waals surface area (Å²) in [6.45, 7) is 0. The fraction of sp³-hybridized carbons (Fsp3) is 0.357. The number of rotatable bonds is 5. The Morgan fingerprint density at radius 2 is 1.41 bits per heavy atom. The number of alkyl halides is 3. The standard InChI is InChI=1S/C28H28F3NO4S/c29-28(30,31)36-20-14-16-21(17-15-20)37(34,35)32-25-11-5-10-24(27(25)33)26-22-8-3-1-6-18(22)12-13-19-7-2-4-9-23(19)26/h1-4,6-9,14-17,24-27,32-33H,5,10-13H2/t24?,25-,27-/m1/s1. The van der Waals surface area contributed by atoms with Gasteiger partial charge in [-0.05, 0) is 78.1 Å². The van der Waals surface area contributed by atoms with Gasteiger partial charge in [0, 0.05) is 12.0 Å². The van der Waals surface area contributed by atoms with Gasteiger partial charge in [-0.3, -0.25) is 0 Å². The van der Waals surface area contributed by atoms with Gasteiger partial charge in [0.15, 0.2) is 0 Å². The van der Waals surface area contributed by atoms with Crippen molar-refractivity contribution in [2.24, 2.45) is 5.92 Å². The Morgan fingerprint density at radius 1 is 0.838 bits per heavy atom. The second-order valence-corrected chi connectivity index (χ2v) is 11.4. The van der Waals surface area contributed by atoms with E-state index in [9.17, 15) is 26.7 Å². The summed E-state index contributed by atoms with van der Waals surface area (Å²) < 4.78 is 70.0. The van der Waals surface area contributed by atoms with Gasteiger partial charge in [-0.1, -0.05) is 55.0 Å². The van der Waals surface area contributed by atoms with Crippen LogP contribution >= 0.6 is 0 Å². The number of ether oxygens (including phenoxy) is 1. The number of nitrogens with one attached hydrogen (secondary N) is 1. The Labute approximate surface area is 214 Å². The van der Waals surface area contributed by atoms with E-state index in [1.165, 1.54) is 22.3 Å². The zero-order valence-electron chi connectivity index (χ0n) is 20.0. The normalized spacial score (nSPS) is 22.5. The third-order valence-corrected chi connectivity index (χ3v) is 8.96. The van der Waals surface area contributed by atoms with Crippen LogP contribution in [0.5, 0.6) is 5.75 Å². The van der Waals surface area contributed by atoms with E-state index < -0.39 is 34.3 Å². The van der Waals surface area contributed by atoms with Crippen LogP contribution in [0.2, 0.25) is 0 Å². The Hall–Kier alpha value is -2.88. The van der Waals surface area contributed by atoms with Crippen LogP contribution in [-0.2, 0) is 22.9 Å². The zero-order valence-corrected chi connectivity index (χ0v) is 20.8. The number of hydrogen-bond acceptors (Lipinski definition) is 4. The molecule has 0 radical (unpaired) electrons. The van der Waals surface area contributed by atoms with E-state index in [0.717, 1.165) is 49.9 Å². The molecule has 0 aromatic heterocycles. The summed E-state index contributed by atoms with van der Waals surface area (Å²) in [4.78, 5) is -0.193. The number of aliphatic hydroxyl groups is 1. The van der Waals surface area contributed by atoms with Gasteiger partial charge in [0.05, 0.1) is 11.0 Å². The molecule has 3 atom stereocenters. The molecular weight excluding hydrogens is 503 g/mol. The average Bonchev–Trinajstić information content (AvgIpc) is 3.02. The predicted octanol–water partition coefficient (Wildman–Crippen LogP) is 5.32. The fourth-order valence-electron chi connectivity index (χ4n) is 5.82. The van der Waals surface area contributed by atoms with Crippen LogP contribution in [0.3, 0.4) is 0 Å². The van der Waals surface area contributed by atoms with E-state index in [4.69, 9.17) is 0 Å². The third-order valence-electron chi connectivity index (χ3n) is 7.45. The van der Waals surface area contributed by atoms with E-state index >= 15 is 0 Å². The summed E-state index contributed by atoms with van der Waals surface area (Å²) in [5.41, 5.74) is 4.81. The molecule has 5 rings (SSSR count). The van der Waals surface area contributed by atoms with Crippen LogP contribution in [0, 0.1) is 5.92 Å². The highest BCUT2D eigenvalue weighted by Crippen LogP contribution is 2.45. The summed E-state index contributed by atoms with van der Waals surface area (Å²) in [6, 6.07) is 19.8. The second kappa shape index (κ2) is 10.1. The average molecular weight is 532 g/mol. The molecule has 2 aliphatic carbocycles. The number of hydrogen-bond donors (Lipinski definition) is 2. The number of aliphatic hydroxyl groups excluding tert-OH is 1. The van der Waals surface area contributed by atoms with E-state index in [-0.39, 0.29) is 16.7 Å². The highest BCUT2D eigenvalue weighted by Gasteiger charge is 2.41. The molecule has 37 heavy (non-hydrogen) atoms. The largest absolute Gasteiger partial charge is 0.573 e. The summed E-state index contributed by atoms with van der Waals surface area (Å²) >= 11 is 0. The molecule has 0 bridgehead atoms. The molecule has 196 valence electrons. The Bertz CT molecular complexity index is 1310. The second-order valence-electron chi connectivity index (χ2n) is 9.71. The van der Waals surface area contributed by atoms with E-state index in [1.54, 1.807) is 0 Å². The first kappa shape index (κ1) is 25.8. The van der Waals surface area contributed by atoms with Crippen LogP contribution in [0.25, 0.3) is 0 Å². The molecule has 2 aliphatic rings. The molecular formula is C28H28F3NO4S. The smallest absolute Gasteiger partial charge is 0.406 e. The van der Waals surface area contributed by atoms with E-state index in [2.05, 4.69) is 33.7 Å². The number of sulfonamides is 1. The predicted molar refractivity (Wildman–Crippen MR) is 133 cm³/mol. The minimum Gasteiger partial charge on any atom is -0.406 e. The van der Waals surface area contributed by atoms with Gasteiger partial charge in [0.2, 0.25) is 10.0 Å². The van der Waals surface area contributed by atoms with Gasteiger partial charge in [0.25, 0.3) is 0 Å². The van der Waals surface area contributed by atoms with E-state index in [1.807, 2.05) is 24.3 Å². The van der Waals surface area contributed by atoms with Crippen LogP contribution in [-0.4, -0.2) is 32.0 Å². The number of fused-ring (bicyclic) bond motifs is 2. The van der Waals surface area contributed by atoms with Gasteiger partial charge in [-0.15, -0.1) is 13.2 Å². The van der Waals surface area contributed by atoms with Crippen molar-refractivity contribution >= 4 is 10.0 Å². The maximum absolute atomic E-state index is 13.1. The minimum absolute atomic E-state index is 0.0731. The van der Waals surface area contributed by atoms with Crippen LogP contribution in [0.4, 0.5) is 13.2 Å². The SMILES string of the molecule is O=S(=O)(N[C@@H]1CCCC(C2c3ccccc3CCc3ccccc32)[C@H]1O)c1ccc(OC(F)(F)F)cc1. The number of aryl methyl sites for hydroxylation is 2. The van der Waals surface area contributed by atoms with Crippen molar-refractivity contribution in [1.82, 2.24) is 4.72 Å². The Morgan fingerprint density at radius 3 is 1.97 bits per heavy atom. The van der Waals surface area contributed by atoms with Crippen molar-refractivity contribution in [3.8, 4) is 5.75 Å². The molecule has 1 saturated carbocycles. The quantitative estimate of drug-likeness (QED) is 0.467. The topological polar surface area (TPSA) is 75.6 Å². The lowest BCUT2D eigenvalue weighted by Gasteiger charge is -2.40. The first-order valence-electron chi connectivity index (χ1n) is 12.3. The molecule has 0 saturated heterocycles. The lowest BCUT2D eigenvalue weighted by atomic mass is 9.70. The maximum Gasteiger partial charge on any atom is 0.573 e. The number of halogens is 3. The third kappa shape index (κ3) is 5.54. The van der Waals surface area contributed by atoms with Crippen molar-refractivity contribution in [2.75, 3.05) is 0 Å². The monoisotopic (exact) mass is 531 g/mol. The van der Waals surface area contributed by atoms with Crippen molar-refractivity contribution in [2.45, 2.75) is 61.4 Å². The molecule has 1 fully saturated rings. The van der Waals surface area contributed by atoms with Gasteiger partial charge in [0.1, 0.15) is 5.75 Å². The van der Waals surface area contributed by atoms with Crippen LogP contribution < -0.4 is 9.46 Å². The molecule has 0 spiro atoms. The van der Waals surface area contributed by atoms with Gasteiger partial charge in [-0.25, -0.2) is 13.1 Å². The molecule has 9 heteroatoms. The lowest BCUT2D eigenvalue weighted by molar-refractivity contribution is -0.274. The van der Waals surface area contributed by atoms with Crippen molar-refractivity contribution < 1.29 is 31.4 Å². The zero-order chi connectivity index (χ0) is 26.2. The Balaban J connectivity index is 1.41. The summed E-state index contributed by atoms with van der Waals surface area (Å²) in [5.74, 6) is -0.782. The molecule has 3 aromatic rings. The minimum atomic E-state index is -4.87. The fourth-order valence-corrected chi connectivity index (χ4v) is 7.11. The first-order chi connectivity index (χ1) is 17.6.